The molecule has 0 unspecified atom stereocenters. The molecule has 0 N–H and O–H groups in total. The maximum Gasteiger partial charge on any atom is 0.255 e. The molecule has 2 heterocycles. The van der Waals surface area contributed by atoms with Crippen molar-refractivity contribution in [3.63, 3.8) is 0 Å². The lowest BCUT2D eigenvalue weighted by Gasteiger charge is -2.11. The lowest BCUT2D eigenvalue weighted by Crippen LogP contribution is -2.00. The first kappa shape index (κ1) is 16.2. The van der Waals surface area contributed by atoms with Crippen LogP contribution in [0.15, 0.2) is 60.9 Å². The second-order valence-electron chi connectivity index (χ2n) is 5.62. The average Bonchev–Trinajstić information content (AvgIpc) is 3.13. The van der Waals surface area contributed by atoms with Crippen LogP contribution in [0.3, 0.4) is 0 Å². The second-order valence-corrected chi connectivity index (χ2v) is 6.03. The van der Waals surface area contributed by atoms with Gasteiger partial charge in [0.1, 0.15) is 12.1 Å². The summed E-state index contributed by atoms with van der Waals surface area (Å²) in [7, 11) is 0. The fraction of sp³-hybridized carbons (Fsp3) is 0.0526. The van der Waals surface area contributed by atoms with E-state index in [0.29, 0.717) is 33.7 Å². The van der Waals surface area contributed by atoms with Gasteiger partial charge in [-0.05, 0) is 25.1 Å². The molecule has 0 bridgehead atoms. The normalized spacial score (nSPS) is 10.8. The first-order valence-corrected chi connectivity index (χ1v) is 8.24. The topological polar surface area (TPSA) is 69.4 Å². The molecule has 128 valence electrons. The molecule has 26 heavy (non-hydrogen) atoms. The number of hydrogen-bond acceptors (Lipinski definition) is 5. The van der Waals surface area contributed by atoms with Gasteiger partial charge in [0.2, 0.25) is 5.88 Å². The number of aromatic nitrogens is 4. The third kappa shape index (κ3) is 3.02. The van der Waals surface area contributed by atoms with E-state index in [4.69, 9.17) is 16.3 Å². The molecule has 0 saturated carbocycles. The maximum atomic E-state index is 11.5. The van der Waals surface area contributed by atoms with E-state index in [2.05, 4.69) is 15.1 Å². The highest BCUT2D eigenvalue weighted by atomic mass is 35.5. The first-order chi connectivity index (χ1) is 12.6. The zero-order valence-electron chi connectivity index (χ0n) is 13.8. The smallest absolute Gasteiger partial charge is 0.255 e. The SMILES string of the molecule is CC(=O)c1ccc(Oc2cc(-c3ccccc3)nc3ncnn23)c(Cl)c1. The summed E-state index contributed by atoms with van der Waals surface area (Å²) in [5.74, 6) is 1.19. The highest BCUT2D eigenvalue weighted by Gasteiger charge is 2.13. The Labute approximate surface area is 154 Å². The van der Waals surface area contributed by atoms with Crippen molar-refractivity contribution in [3.8, 4) is 22.9 Å². The summed E-state index contributed by atoms with van der Waals surface area (Å²) < 4.78 is 7.44. The van der Waals surface area contributed by atoms with E-state index >= 15 is 0 Å². The Balaban J connectivity index is 1.79. The minimum absolute atomic E-state index is 0.0626. The molecule has 4 aromatic rings. The minimum atomic E-state index is -0.0626. The minimum Gasteiger partial charge on any atom is -0.437 e. The Morgan fingerprint density at radius 1 is 1.12 bits per heavy atom. The molecule has 2 aromatic carbocycles. The summed E-state index contributed by atoms with van der Waals surface area (Å²) in [4.78, 5) is 20.1. The second kappa shape index (κ2) is 6.57. The molecule has 2 aromatic heterocycles. The van der Waals surface area contributed by atoms with Crippen LogP contribution in [0.25, 0.3) is 17.0 Å². The number of ether oxygens (including phenoxy) is 1. The van der Waals surface area contributed by atoms with E-state index in [1.165, 1.54) is 17.8 Å². The predicted molar refractivity (Wildman–Crippen MR) is 97.7 cm³/mol. The molecule has 0 radical (unpaired) electrons. The summed E-state index contributed by atoms with van der Waals surface area (Å²) in [6, 6.07) is 16.4. The number of fused-ring (bicyclic) bond motifs is 1. The van der Waals surface area contributed by atoms with Crippen LogP contribution in [0, 0.1) is 0 Å². The fourth-order valence-electron chi connectivity index (χ4n) is 2.53. The van der Waals surface area contributed by atoms with Gasteiger partial charge in [-0.15, -0.1) is 0 Å². The van der Waals surface area contributed by atoms with Gasteiger partial charge in [-0.3, -0.25) is 4.79 Å². The number of benzene rings is 2. The van der Waals surface area contributed by atoms with Gasteiger partial charge in [-0.2, -0.15) is 14.6 Å². The van der Waals surface area contributed by atoms with E-state index < -0.39 is 0 Å². The number of nitrogens with zero attached hydrogens (tertiary/aromatic N) is 4. The zero-order chi connectivity index (χ0) is 18.1. The van der Waals surface area contributed by atoms with Crippen LogP contribution < -0.4 is 4.74 Å². The van der Waals surface area contributed by atoms with Gasteiger partial charge in [-0.25, -0.2) is 4.98 Å². The van der Waals surface area contributed by atoms with Crippen LogP contribution >= 0.6 is 11.6 Å². The summed E-state index contributed by atoms with van der Waals surface area (Å²) in [5.41, 5.74) is 2.16. The Morgan fingerprint density at radius 3 is 2.65 bits per heavy atom. The standard InChI is InChI=1S/C19H13ClN4O2/c1-12(25)14-7-8-17(15(20)9-14)26-18-10-16(13-5-3-2-4-6-13)23-19-21-11-22-24(18)19/h2-11H,1H3. The third-order valence-corrected chi connectivity index (χ3v) is 4.14. The van der Waals surface area contributed by atoms with Crippen LogP contribution in [0.1, 0.15) is 17.3 Å². The molecule has 0 aliphatic rings. The van der Waals surface area contributed by atoms with Crippen LogP contribution in [-0.4, -0.2) is 25.4 Å². The summed E-state index contributed by atoms with van der Waals surface area (Å²) in [6.45, 7) is 1.49. The predicted octanol–water partition coefficient (Wildman–Crippen LogP) is 4.44. The maximum absolute atomic E-state index is 11.5. The molecule has 0 aliphatic heterocycles. The van der Waals surface area contributed by atoms with E-state index in [1.54, 1.807) is 24.3 Å². The van der Waals surface area contributed by atoms with Crippen molar-refractivity contribution in [2.45, 2.75) is 6.92 Å². The number of rotatable bonds is 4. The number of Topliss-reactive ketones (excluding diaryl/α,β-unsaturated/α-hetero) is 1. The van der Waals surface area contributed by atoms with Crippen molar-refractivity contribution in [2.75, 3.05) is 0 Å². The molecule has 0 fully saturated rings. The Bertz CT molecular complexity index is 1110. The quantitative estimate of drug-likeness (QED) is 0.501. The summed E-state index contributed by atoms with van der Waals surface area (Å²) in [5, 5.41) is 4.48. The van der Waals surface area contributed by atoms with Gasteiger partial charge < -0.3 is 4.74 Å². The number of hydrogen-bond donors (Lipinski definition) is 0. The first-order valence-electron chi connectivity index (χ1n) is 7.86. The van der Waals surface area contributed by atoms with Crippen molar-refractivity contribution >= 4 is 23.2 Å². The van der Waals surface area contributed by atoms with Gasteiger partial charge in [0.25, 0.3) is 5.78 Å². The van der Waals surface area contributed by atoms with Gasteiger partial charge in [0.15, 0.2) is 5.78 Å². The molecular formula is C19H13ClN4O2. The zero-order valence-corrected chi connectivity index (χ0v) is 14.5. The van der Waals surface area contributed by atoms with Crippen molar-refractivity contribution in [1.82, 2.24) is 19.6 Å². The molecule has 0 spiro atoms. The third-order valence-electron chi connectivity index (χ3n) is 3.84. The molecule has 0 aliphatic carbocycles. The Kier molecular flexibility index (Phi) is 4.10. The van der Waals surface area contributed by atoms with Crippen LogP contribution in [0.5, 0.6) is 11.6 Å². The van der Waals surface area contributed by atoms with Gasteiger partial charge >= 0.3 is 0 Å². The fourth-order valence-corrected chi connectivity index (χ4v) is 2.75. The number of ketones is 1. The summed E-state index contributed by atoms with van der Waals surface area (Å²) >= 11 is 6.27. The largest absolute Gasteiger partial charge is 0.437 e. The number of carbonyl (C=O) groups is 1. The Morgan fingerprint density at radius 2 is 1.92 bits per heavy atom. The van der Waals surface area contributed by atoms with Crippen LogP contribution in [0.4, 0.5) is 0 Å². The molecule has 0 saturated heterocycles. The van der Waals surface area contributed by atoms with Crippen LogP contribution in [0.2, 0.25) is 5.02 Å². The highest BCUT2D eigenvalue weighted by Crippen LogP contribution is 2.32. The van der Waals surface area contributed by atoms with Crippen molar-refractivity contribution < 1.29 is 9.53 Å². The van der Waals surface area contributed by atoms with Crippen molar-refractivity contribution in [2.24, 2.45) is 0 Å². The molecule has 0 atom stereocenters. The Hall–Kier alpha value is -3.25. The molecule has 7 heteroatoms. The molecule has 0 amide bonds. The van der Waals surface area contributed by atoms with Crippen molar-refractivity contribution in [3.05, 3.63) is 71.5 Å². The highest BCUT2D eigenvalue weighted by molar-refractivity contribution is 6.32. The van der Waals surface area contributed by atoms with Crippen LogP contribution in [-0.2, 0) is 0 Å². The van der Waals surface area contributed by atoms with Gasteiger partial charge in [0, 0.05) is 17.2 Å². The number of carbonyl (C=O) groups excluding carboxylic acids is 1. The molecule has 4 rings (SSSR count). The van der Waals surface area contributed by atoms with E-state index in [0.717, 1.165) is 5.56 Å². The van der Waals surface area contributed by atoms with E-state index in [1.807, 2.05) is 30.3 Å². The van der Waals surface area contributed by atoms with Crippen molar-refractivity contribution in [1.29, 1.82) is 0 Å². The number of halogens is 1. The lowest BCUT2D eigenvalue weighted by molar-refractivity contribution is 0.101. The average molecular weight is 365 g/mol. The van der Waals surface area contributed by atoms with Gasteiger partial charge in [0.05, 0.1) is 10.7 Å². The lowest BCUT2D eigenvalue weighted by atomic mass is 10.1. The van der Waals surface area contributed by atoms with Gasteiger partial charge in [-0.1, -0.05) is 41.9 Å². The summed E-state index contributed by atoms with van der Waals surface area (Å²) in [6.07, 6.45) is 1.41. The van der Waals surface area contributed by atoms with E-state index in [9.17, 15) is 4.79 Å². The molecular weight excluding hydrogens is 352 g/mol. The van der Waals surface area contributed by atoms with E-state index in [-0.39, 0.29) is 5.78 Å². The molecule has 6 nitrogen and oxygen atoms in total. The monoisotopic (exact) mass is 364 g/mol.